The van der Waals surface area contributed by atoms with Crippen LogP contribution >= 0.6 is 7.75 Å². The smallest absolute Gasteiger partial charge is 0.459 e. The number of rotatable bonds is 10. The van der Waals surface area contributed by atoms with E-state index < -0.39 is 55.9 Å². The Morgan fingerprint density at radius 1 is 1.27 bits per heavy atom. The first-order valence-electron chi connectivity index (χ1n) is 11.9. The molecule has 4 atom stereocenters. The van der Waals surface area contributed by atoms with Crippen molar-refractivity contribution in [1.82, 2.24) is 14.6 Å². The fraction of sp³-hybridized carbons (Fsp3) is 0.522. The van der Waals surface area contributed by atoms with Crippen molar-refractivity contribution in [2.24, 2.45) is 0 Å². The van der Waals surface area contributed by atoms with Gasteiger partial charge >= 0.3 is 19.4 Å². The Labute approximate surface area is 211 Å². The minimum Gasteiger partial charge on any atom is -0.461 e. The Kier molecular flexibility index (Phi) is 8.60. The Hall–Kier alpha value is -2.83. The Bertz CT molecular complexity index is 1260. The summed E-state index contributed by atoms with van der Waals surface area (Å²) >= 11 is 0. The highest BCUT2D eigenvalue weighted by Crippen LogP contribution is 2.45. The lowest BCUT2D eigenvalue weighted by Gasteiger charge is -2.24. The third kappa shape index (κ3) is 7.14. The number of aromatic amines is 1. The zero-order valence-corrected chi connectivity index (χ0v) is 21.3. The van der Waals surface area contributed by atoms with E-state index in [-0.39, 0.29) is 18.5 Å². The van der Waals surface area contributed by atoms with Gasteiger partial charge in [0.2, 0.25) is 0 Å². The van der Waals surface area contributed by atoms with Crippen molar-refractivity contribution in [2.75, 3.05) is 13.2 Å². The van der Waals surface area contributed by atoms with Crippen LogP contribution in [-0.2, 0) is 28.1 Å². The monoisotopic (exact) mass is 541 g/mol. The molecule has 1 saturated heterocycles. The fourth-order valence-corrected chi connectivity index (χ4v) is 5.40. The second kappa shape index (κ2) is 11.7. The van der Waals surface area contributed by atoms with E-state index in [9.17, 15) is 23.3 Å². The number of benzene rings is 1. The Morgan fingerprint density at radius 3 is 2.68 bits per heavy atom. The molecule has 2 aliphatic rings. The lowest BCUT2D eigenvalue weighted by atomic mass is 10.3. The first-order valence-corrected chi connectivity index (χ1v) is 13.4. The molecular weight excluding hydrogens is 512 g/mol. The molecule has 202 valence electrons. The number of nitrogens with one attached hydrogen (secondary N) is 2. The van der Waals surface area contributed by atoms with Crippen molar-refractivity contribution in [3.05, 3.63) is 62.7 Å². The van der Waals surface area contributed by atoms with Crippen LogP contribution in [0.15, 0.2) is 40.1 Å². The number of carbonyl (C=O) groups is 1. The molecular formula is C23H29FN3O9P. The first-order chi connectivity index (χ1) is 17.6. The summed E-state index contributed by atoms with van der Waals surface area (Å²) in [5.74, 6) is -1.09. The van der Waals surface area contributed by atoms with Gasteiger partial charge in [0.15, 0.2) is 12.5 Å². The maximum Gasteiger partial charge on any atom is 0.459 e. The maximum absolute atomic E-state index is 13.6. The summed E-state index contributed by atoms with van der Waals surface area (Å²) in [6, 6.07) is 3.72. The van der Waals surface area contributed by atoms with Crippen molar-refractivity contribution in [2.45, 2.75) is 64.2 Å². The maximum atomic E-state index is 13.6. The number of hydrogen-bond acceptors (Lipinski definition) is 9. The molecule has 0 amide bonds. The second-order valence-corrected chi connectivity index (χ2v) is 10.6. The van der Waals surface area contributed by atoms with Crippen molar-refractivity contribution >= 4 is 13.7 Å². The predicted octanol–water partition coefficient (Wildman–Crippen LogP) is 2.52. The highest BCUT2D eigenvalue weighted by molar-refractivity contribution is 7.52. The molecule has 1 aromatic carbocycles. The van der Waals surface area contributed by atoms with Crippen LogP contribution in [0.5, 0.6) is 5.75 Å². The van der Waals surface area contributed by atoms with Crippen LogP contribution in [0.2, 0.25) is 0 Å². The average Bonchev–Trinajstić information content (AvgIpc) is 3.54. The van der Waals surface area contributed by atoms with Crippen LogP contribution in [0.25, 0.3) is 0 Å². The summed E-state index contributed by atoms with van der Waals surface area (Å²) in [6.07, 6.45) is 2.75. The summed E-state index contributed by atoms with van der Waals surface area (Å²) in [6.45, 7) is 2.56. The topological polar surface area (TPSA) is 147 Å². The number of aryl methyl sites for hydroxylation is 1. The second-order valence-electron chi connectivity index (χ2n) is 8.86. The third-order valence-corrected chi connectivity index (χ3v) is 7.54. The fourth-order valence-electron chi connectivity index (χ4n) is 3.92. The minimum atomic E-state index is -4.23. The van der Waals surface area contributed by atoms with Gasteiger partial charge in [-0.05, 0) is 63.8 Å². The molecule has 2 N–H and O–H groups in total. The van der Waals surface area contributed by atoms with Crippen LogP contribution in [0, 0.1) is 12.7 Å². The molecule has 2 aromatic rings. The standard InChI is InChI=1S/C23H29FN3O9P/c1-14-11-27(23(30)25-21(14)28)19-12-32-20(35-19)13-33-37(31,36-18-9-7-16(24)8-10-18)26-15(2)22(29)34-17-5-3-4-6-17/h7-11,15,17,19-20H,3-6,12-13H2,1-2H3,(H,26,31)(H,25,28,30)/t15?,19-,20-,37?/m1/s1. The van der Waals surface area contributed by atoms with E-state index >= 15 is 0 Å². The summed E-state index contributed by atoms with van der Waals surface area (Å²) in [4.78, 5) is 38.5. The molecule has 12 nitrogen and oxygen atoms in total. The zero-order chi connectivity index (χ0) is 26.6. The molecule has 0 bridgehead atoms. The predicted molar refractivity (Wildman–Crippen MR) is 127 cm³/mol. The van der Waals surface area contributed by atoms with Crippen LogP contribution in [0.1, 0.15) is 44.4 Å². The van der Waals surface area contributed by atoms with E-state index in [0.29, 0.717) is 5.56 Å². The minimum absolute atomic E-state index is 0.0370. The van der Waals surface area contributed by atoms with Gasteiger partial charge in [-0.25, -0.2) is 13.8 Å². The third-order valence-electron chi connectivity index (χ3n) is 5.90. The van der Waals surface area contributed by atoms with Gasteiger partial charge in [-0.1, -0.05) is 0 Å². The summed E-state index contributed by atoms with van der Waals surface area (Å²) < 4.78 is 55.8. The number of carbonyl (C=O) groups excluding carboxylic acids is 1. The van der Waals surface area contributed by atoms with Crippen LogP contribution in [0.4, 0.5) is 4.39 Å². The van der Waals surface area contributed by atoms with Gasteiger partial charge in [0.05, 0.1) is 6.61 Å². The highest BCUT2D eigenvalue weighted by atomic mass is 31.2. The SMILES string of the molecule is Cc1cn([C@H]2CO[C@@H](COP(=O)(NC(C)C(=O)OC3CCCC3)Oc3ccc(F)cc3)O2)c(=O)[nH]c1=O. The molecule has 14 heteroatoms. The van der Waals surface area contributed by atoms with Crippen molar-refractivity contribution < 1.29 is 37.0 Å². The number of esters is 1. The van der Waals surface area contributed by atoms with E-state index in [1.807, 2.05) is 0 Å². The first kappa shape index (κ1) is 27.2. The van der Waals surface area contributed by atoms with Crippen LogP contribution < -0.4 is 20.9 Å². The quantitative estimate of drug-likeness (QED) is 0.340. The molecule has 4 rings (SSSR count). The van der Waals surface area contributed by atoms with Gasteiger partial charge in [0.1, 0.15) is 30.3 Å². The Balaban J connectivity index is 1.42. The molecule has 0 radical (unpaired) electrons. The number of ether oxygens (including phenoxy) is 3. The van der Waals surface area contributed by atoms with E-state index in [1.165, 1.54) is 29.8 Å². The largest absolute Gasteiger partial charge is 0.461 e. The van der Waals surface area contributed by atoms with Gasteiger partial charge in [-0.2, -0.15) is 5.09 Å². The van der Waals surface area contributed by atoms with Crippen molar-refractivity contribution in [1.29, 1.82) is 0 Å². The molecule has 2 fully saturated rings. The van der Waals surface area contributed by atoms with Gasteiger partial charge in [-0.3, -0.25) is 23.7 Å². The van der Waals surface area contributed by atoms with E-state index in [2.05, 4.69) is 10.1 Å². The molecule has 37 heavy (non-hydrogen) atoms. The Morgan fingerprint density at radius 2 is 1.97 bits per heavy atom. The van der Waals surface area contributed by atoms with Crippen molar-refractivity contribution in [3.63, 3.8) is 0 Å². The van der Waals surface area contributed by atoms with E-state index in [0.717, 1.165) is 37.8 Å². The number of halogens is 1. The number of H-pyrrole nitrogens is 1. The zero-order valence-electron chi connectivity index (χ0n) is 20.4. The molecule has 2 unspecified atom stereocenters. The summed E-state index contributed by atoms with van der Waals surface area (Å²) in [5.41, 5.74) is -0.874. The normalized spacial score (nSPS) is 22.5. The lowest BCUT2D eigenvalue weighted by molar-refractivity contribution is -0.150. The molecule has 2 heterocycles. The highest BCUT2D eigenvalue weighted by Gasteiger charge is 2.36. The van der Waals surface area contributed by atoms with Crippen LogP contribution in [0.3, 0.4) is 0 Å². The summed E-state index contributed by atoms with van der Waals surface area (Å²) in [5, 5.41) is 2.56. The average molecular weight is 541 g/mol. The molecule has 1 aliphatic heterocycles. The number of hydrogen-bond donors (Lipinski definition) is 2. The van der Waals surface area contributed by atoms with Gasteiger partial charge in [-0.15, -0.1) is 0 Å². The van der Waals surface area contributed by atoms with Crippen molar-refractivity contribution in [3.8, 4) is 5.75 Å². The lowest BCUT2D eigenvalue weighted by Crippen LogP contribution is -2.37. The van der Waals surface area contributed by atoms with E-state index in [1.54, 1.807) is 6.92 Å². The number of nitrogens with zero attached hydrogens (tertiary/aromatic N) is 1. The molecule has 0 spiro atoms. The van der Waals surface area contributed by atoms with Gasteiger partial charge < -0.3 is 18.7 Å². The van der Waals surface area contributed by atoms with E-state index in [4.69, 9.17) is 23.3 Å². The van der Waals surface area contributed by atoms with Crippen LogP contribution in [-0.4, -0.2) is 47.2 Å². The molecule has 1 saturated carbocycles. The van der Waals surface area contributed by atoms with Gasteiger partial charge in [0, 0.05) is 11.8 Å². The summed E-state index contributed by atoms with van der Waals surface area (Å²) in [7, 11) is -4.23. The molecule has 1 aliphatic carbocycles. The number of aromatic nitrogens is 2. The molecule has 1 aromatic heterocycles. The van der Waals surface area contributed by atoms with Gasteiger partial charge in [0.25, 0.3) is 5.56 Å².